The number of nitrogens with one attached hydrogen (secondary N) is 1. The van der Waals surface area contributed by atoms with Gasteiger partial charge in [0.15, 0.2) is 0 Å². The van der Waals surface area contributed by atoms with Crippen LogP contribution in [0.4, 0.5) is 0 Å². The van der Waals surface area contributed by atoms with Crippen LogP contribution in [-0.2, 0) is 0 Å². The van der Waals surface area contributed by atoms with Crippen LogP contribution >= 0.6 is 0 Å². The lowest BCUT2D eigenvalue weighted by Crippen LogP contribution is -2.39. The van der Waals surface area contributed by atoms with Crippen molar-refractivity contribution >= 4 is 5.84 Å². The molecular formula is C13H26N4. The molecule has 1 saturated heterocycles. The zero-order chi connectivity index (χ0) is 12.5. The second kappa shape index (κ2) is 4.94. The van der Waals surface area contributed by atoms with Crippen molar-refractivity contribution in [1.29, 1.82) is 5.41 Å². The van der Waals surface area contributed by atoms with E-state index in [0.717, 1.165) is 25.6 Å². The molecule has 0 aromatic carbocycles. The molecule has 0 aromatic rings. The van der Waals surface area contributed by atoms with E-state index in [1.54, 1.807) is 0 Å². The first-order chi connectivity index (χ1) is 8.01. The van der Waals surface area contributed by atoms with Gasteiger partial charge < -0.3 is 15.5 Å². The third-order valence-corrected chi connectivity index (χ3v) is 4.32. The van der Waals surface area contributed by atoms with Crippen LogP contribution in [0.2, 0.25) is 0 Å². The van der Waals surface area contributed by atoms with Gasteiger partial charge in [-0.15, -0.1) is 0 Å². The van der Waals surface area contributed by atoms with Gasteiger partial charge in [-0.05, 0) is 51.7 Å². The standard InChI is InChI=1S/C13H26N4/c1-16(9-11-4-3-7-17(11)2)10-13(5-6-13)8-12(14)15/h11H,3-10H2,1-2H3,(H3,14,15). The van der Waals surface area contributed by atoms with Crippen LogP contribution in [-0.4, -0.2) is 55.4 Å². The van der Waals surface area contributed by atoms with Gasteiger partial charge in [0.2, 0.25) is 0 Å². The summed E-state index contributed by atoms with van der Waals surface area (Å²) in [6, 6.07) is 0.730. The molecule has 98 valence electrons. The molecule has 1 aliphatic carbocycles. The van der Waals surface area contributed by atoms with Crippen molar-refractivity contribution in [2.24, 2.45) is 11.1 Å². The van der Waals surface area contributed by atoms with E-state index < -0.39 is 0 Å². The average molecular weight is 238 g/mol. The lowest BCUT2D eigenvalue weighted by Gasteiger charge is -2.28. The number of hydrogen-bond donors (Lipinski definition) is 2. The molecule has 17 heavy (non-hydrogen) atoms. The maximum absolute atomic E-state index is 7.44. The molecule has 1 unspecified atom stereocenters. The fourth-order valence-electron chi connectivity index (χ4n) is 3.18. The van der Waals surface area contributed by atoms with E-state index in [1.165, 1.54) is 32.2 Å². The Hall–Kier alpha value is -0.610. The van der Waals surface area contributed by atoms with Crippen molar-refractivity contribution in [1.82, 2.24) is 9.80 Å². The second-order valence-electron chi connectivity index (χ2n) is 6.18. The molecule has 0 bridgehead atoms. The molecule has 0 aromatic heterocycles. The Morgan fingerprint density at radius 1 is 1.53 bits per heavy atom. The molecule has 2 rings (SSSR count). The summed E-state index contributed by atoms with van der Waals surface area (Å²) in [6.45, 7) is 3.52. The highest BCUT2D eigenvalue weighted by Crippen LogP contribution is 2.49. The Morgan fingerprint density at radius 2 is 2.24 bits per heavy atom. The van der Waals surface area contributed by atoms with Crippen molar-refractivity contribution in [2.45, 2.75) is 38.1 Å². The molecule has 4 heteroatoms. The Kier molecular flexibility index (Phi) is 3.73. The normalized spacial score (nSPS) is 27.6. The highest BCUT2D eigenvalue weighted by Gasteiger charge is 2.43. The molecule has 0 spiro atoms. The summed E-state index contributed by atoms with van der Waals surface area (Å²) in [5.74, 6) is 0.355. The molecule has 1 atom stereocenters. The van der Waals surface area contributed by atoms with Gasteiger partial charge in [-0.25, -0.2) is 0 Å². The lowest BCUT2D eigenvalue weighted by molar-refractivity contribution is 0.194. The Bertz CT molecular complexity index is 285. The highest BCUT2D eigenvalue weighted by atomic mass is 15.2. The van der Waals surface area contributed by atoms with E-state index in [1.807, 2.05) is 0 Å². The SMILES string of the molecule is CN(CC1CCCN1C)CC1(CC(=N)N)CC1. The topological polar surface area (TPSA) is 56.4 Å². The molecule has 1 saturated carbocycles. The fraction of sp³-hybridized carbons (Fsp3) is 0.923. The molecule has 2 fully saturated rings. The maximum atomic E-state index is 7.44. The van der Waals surface area contributed by atoms with Gasteiger partial charge in [0, 0.05) is 25.6 Å². The fourth-order valence-corrected chi connectivity index (χ4v) is 3.18. The third-order valence-electron chi connectivity index (χ3n) is 4.32. The first kappa shape index (κ1) is 12.8. The van der Waals surface area contributed by atoms with E-state index >= 15 is 0 Å². The van der Waals surface area contributed by atoms with E-state index in [4.69, 9.17) is 11.1 Å². The van der Waals surface area contributed by atoms with Gasteiger partial charge >= 0.3 is 0 Å². The van der Waals surface area contributed by atoms with E-state index in [-0.39, 0.29) is 0 Å². The molecular weight excluding hydrogens is 212 g/mol. The molecule has 3 N–H and O–H groups in total. The van der Waals surface area contributed by atoms with Crippen LogP contribution in [0.1, 0.15) is 32.1 Å². The largest absolute Gasteiger partial charge is 0.388 e. The molecule has 2 aliphatic rings. The van der Waals surface area contributed by atoms with Gasteiger partial charge in [0.1, 0.15) is 0 Å². The number of likely N-dealkylation sites (N-methyl/N-ethyl adjacent to an activating group) is 2. The van der Waals surface area contributed by atoms with Crippen LogP contribution in [0.5, 0.6) is 0 Å². The van der Waals surface area contributed by atoms with Gasteiger partial charge in [-0.3, -0.25) is 5.41 Å². The van der Waals surface area contributed by atoms with Crippen molar-refractivity contribution < 1.29 is 0 Å². The van der Waals surface area contributed by atoms with Gasteiger partial charge in [-0.1, -0.05) is 0 Å². The summed E-state index contributed by atoms with van der Waals surface area (Å²) in [6.07, 6.45) is 5.96. The van der Waals surface area contributed by atoms with E-state index in [9.17, 15) is 0 Å². The predicted molar refractivity (Wildman–Crippen MR) is 71.3 cm³/mol. The van der Waals surface area contributed by atoms with Gasteiger partial charge in [0.25, 0.3) is 0 Å². The molecule has 4 nitrogen and oxygen atoms in total. The minimum Gasteiger partial charge on any atom is -0.388 e. The Labute approximate surface area is 105 Å². The Balaban J connectivity index is 1.77. The van der Waals surface area contributed by atoms with Crippen molar-refractivity contribution in [2.75, 3.05) is 33.7 Å². The third kappa shape index (κ3) is 3.42. The molecule has 0 radical (unpaired) electrons. The summed E-state index contributed by atoms with van der Waals surface area (Å²) in [7, 11) is 4.44. The first-order valence-corrected chi connectivity index (χ1v) is 6.72. The first-order valence-electron chi connectivity index (χ1n) is 6.72. The van der Waals surface area contributed by atoms with Crippen molar-refractivity contribution in [3.8, 4) is 0 Å². The smallest absolute Gasteiger partial charge is 0.0911 e. The number of rotatable bonds is 6. The van der Waals surface area contributed by atoms with Crippen LogP contribution in [0.3, 0.4) is 0 Å². The summed E-state index contributed by atoms with van der Waals surface area (Å²) in [5, 5.41) is 7.44. The lowest BCUT2D eigenvalue weighted by atomic mass is 10.0. The zero-order valence-corrected chi connectivity index (χ0v) is 11.2. The van der Waals surface area contributed by atoms with Crippen molar-refractivity contribution in [3.63, 3.8) is 0 Å². The van der Waals surface area contributed by atoms with Crippen LogP contribution in [0.25, 0.3) is 0 Å². The molecule has 1 heterocycles. The molecule has 0 amide bonds. The van der Waals surface area contributed by atoms with Crippen LogP contribution < -0.4 is 5.73 Å². The monoisotopic (exact) mass is 238 g/mol. The molecule has 1 aliphatic heterocycles. The number of amidine groups is 1. The highest BCUT2D eigenvalue weighted by molar-refractivity contribution is 5.78. The maximum Gasteiger partial charge on any atom is 0.0911 e. The summed E-state index contributed by atoms with van der Waals surface area (Å²) in [5.41, 5.74) is 5.88. The summed E-state index contributed by atoms with van der Waals surface area (Å²) < 4.78 is 0. The number of nitrogens with zero attached hydrogens (tertiary/aromatic N) is 2. The average Bonchev–Trinajstić information content (AvgIpc) is 2.82. The van der Waals surface area contributed by atoms with E-state index in [0.29, 0.717) is 11.3 Å². The van der Waals surface area contributed by atoms with Crippen LogP contribution in [0.15, 0.2) is 0 Å². The number of nitrogens with two attached hydrogens (primary N) is 1. The second-order valence-corrected chi connectivity index (χ2v) is 6.18. The summed E-state index contributed by atoms with van der Waals surface area (Å²) in [4.78, 5) is 4.92. The minimum absolute atomic E-state index is 0.345. The number of hydrogen-bond acceptors (Lipinski definition) is 3. The zero-order valence-electron chi connectivity index (χ0n) is 11.2. The Morgan fingerprint density at radius 3 is 2.71 bits per heavy atom. The summed E-state index contributed by atoms with van der Waals surface area (Å²) >= 11 is 0. The predicted octanol–water partition coefficient (Wildman–Crippen LogP) is 1.12. The van der Waals surface area contributed by atoms with Gasteiger partial charge in [0.05, 0.1) is 5.84 Å². The van der Waals surface area contributed by atoms with Gasteiger partial charge in [-0.2, -0.15) is 0 Å². The minimum atomic E-state index is 0.345. The quantitative estimate of drug-likeness (QED) is 0.538. The number of likely N-dealkylation sites (tertiary alicyclic amines) is 1. The van der Waals surface area contributed by atoms with Crippen molar-refractivity contribution in [3.05, 3.63) is 0 Å². The van der Waals surface area contributed by atoms with Crippen LogP contribution in [0, 0.1) is 10.8 Å². The van der Waals surface area contributed by atoms with E-state index in [2.05, 4.69) is 23.9 Å².